The van der Waals surface area contributed by atoms with Crippen molar-refractivity contribution in [3.63, 3.8) is 0 Å². The van der Waals surface area contributed by atoms with E-state index in [4.69, 9.17) is 5.11 Å². The van der Waals surface area contributed by atoms with Gasteiger partial charge in [-0.25, -0.2) is 4.98 Å². The second-order valence-electron chi connectivity index (χ2n) is 4.28. The lowest BCUT2D eigenvalue weighted by molar-refractivity contribution is 0.350. The molecule has 0 aliphatic heterocycles. The normalized spacial score (nSPS) is 11.1. The average molecular weight is 263 g/mol. The second-order valence-corrected chi connectivity index (χ2v) is 4.28. The summed E-state index contributed by atoms with van der Waals surface area (Å²) in [5.74, 6) is 5.90. The van der Waals surface area contributed by atoms with E-state index in [9.17, 15) is 0 Å². The molecule has 4 aromatic rings. The second kappa shape index (κ2) is 4.05. The van der Waals surface area contributed by atoms with Crippen LogP contribution in [0.5, 0.6) is 0 Å². The molecular formula is C14H9N5O. The maximum absolute atomic E-state index is 8.83. The fourth-order valence-corrected chi connectivity index (χ4v) is 2.39. The first-order valence-corrected chi connectivity index (χ1v) is 6.08. The van der Waals surface area contributed by atoms with Crippen molar-refractivity contribution in [1.82, 2.24) is 24.0 Å². The Morgan fingerprint density at radius 1 is 1.20 bits per heavy atom. The van der Waals surface area contributed by atoms with E-state index in [0.717, 1.165) is 22.2 Å². The number of aromatic nitrogens is 5. The maximum Gasteiger partial charge on any atom is 0.214 e. The molecule has 0 fully saturated rings. The van der Waals surface area contributed by atoms with Gasteiger partial charge < -0.3 is 5.11 Å². The standard InChI is InChI=1S/C14H9N5O/c20-7-3-6-12-16-17-14-10-4-1-2-5-11(10)18-9-15-8-13(18)19(12)14/h1-2,4-5,8-9,20H,7H2. The number of fused-ring (bicyclic) bond motifs is 6. The number of imidazole rings is 1. The molecular weight excluding hydrogens is 254 g/mol. The number of benzene rings is 1. The van der Waals surface area contributed by atoms with Crippen molar-refractivity contribution in [3.05, 3.63) is 42.6 Å². The topological polar surface area (TPSA) is 67.7 Å². The van der Waals surface area contributed by atoms with Crippen LogP contribution in [-0.4, -0.2) is 35.7 Å². The van der Waals surface area contributed by atoms with Crippen LogP contribution in [0.3, 0.4) is 0 Å². The summed E-state index contributed by atoms with van der Waals surface area (Å²) < 4.78 is 3.81. The van der Waals surface area contributed by atoms with E-state index in [1.807, 2.05) is 33.1 Å². The Labute approximate surface area is 113 Å². The molecule has 0 saturated carbocycles. The third kappa shape index (κ3) is 1.35. The smallest absolute Gasteiger partial charge is 0.214 e. The van der Waals surface area contributed by atoms with Crippen LogP contribution in [0.4, 0.5) is 0 Å². The third-order valence-electron chi connectivity index (χ3n) is 3.19. The summed E-state index contributed by atoms with van der Waals surface area (Å²) in [5, 5.41) is 18.1. The number of aliphatic hydroxyl groups excluding tert-OH is 1. The molecule has 96 valence electrons. The highest BCUT2D eigenvalue weighted by Crippen LogP contribution is 2.22. The lowest BCUT2D eigenvalue weighted by atomic mass is 10.2. The van der Waals surface area contributed by atoms with Crippen LogP contribution in [0, 0.1) is 11.8 Å². The summed E-state index contributed by atoms with van der Waals surface area (Å²) >= 11 is 0. The van der Waals surface area contributed by atoms with E-state index in [1.165, 1.54) is 0 Å². The van der Waals surface area contributed by atoms with Gasteiger partial charge in [-0.1, -0.05) is 18.1 Å². The highest BCUT2D eigenvalue weighted by Gasteiger charge is 2.13. The van der Waals surface area contributed by atoms with E-state index in [-0.39, 0.29) is 6.61 Å². The molecule has 4 rings (SSSR count). The highest BCUT2D eigenvalue weighted by molar-refractivity contribution is 5.93. The van der Waals surface area contributed by atoms with Gasteiger partial charge in [0.1, 0.15) is 18.6 Å². The first-order chi connectivity index (χ1) is 9.90. The quantitative estimate of drug-likeness (QED) is 0.478. The first kappa shape index (κ1) is 11.0. The van der Waals surface area contributed by atoms with Gasteiger partial charge in [0.05, 0.1) is 11.7 Å². The molecule has 0 radical (unpaired) electrons. The van der Waals surface area contributed by atoms with Gasteiger partial charge in [0, 0.05) is 5.39 Å². The predicted octanol–water partition coefficient (Wildman–Crippen LogP) is 0.874. The Hall–Kier alpha value is -2.91. The minimum atomic E-state index is -0.210. The van der Waals surface area contributed by atoms with Crippen LogP contribution in [-0.2, 0) is 0 Å². The minimum absolute atomic E-state index is 0.210. The molecule has 3 heterocycles. The fraction of sp³-hybridized carbons (Fsp3) is 0.0714. The van der Waals surface area contributed by atoms with Crippen molar-refractivity contribution in [1.29, 1.82) is 0 Å². The number of nitrogens with zero attached hydrogens (tertiary/aromatic N) is 5. The minimum Gasteiger partial charge on any atom is -0.384 e. The Bertz CT molecular complexity index is 1000. The Morgan fingerprint density at radius 3 is 3.00 bits per heavy atom. The van der Waals surface area contributed by atoms with Gasteiger partial charge in [-0.05, 0) is 18.1 Å². The van der Waals surface area contributed by atoms with Crippen molar-refractivity contribution in [2.75, 3.05) is 6.61 Å². The Morgan fingerprint density at radius 2 is 2.10 bits per heavy atom. The molecule has 0 spiro atoms. The van der Waals surface area contributed by atoms with Gasteiger partial charge in [-0.2, -0.15) is 0 Å². The first-order valence-electron chi connectivity index (χ1n) is 6.08. The van der Waals surface area contributed by atoms with Crippen LogP contribution in [0.1, 0.15) is 5.82 Å². The van der Waals surface area contributed by atoms with E-state index in [2.05, 4.69) is 27.0 Å². The zero-order valence-electron chi connectivity index (χ0n) is 10.4. The van der Waals surface area contributed by atoms with Gasteiger partial charge >= 0.3 is 0 Å². The van der Waals surface area contributed by atoms with Crippen molar-refractivity contribution in [3.8, 4) is 11.8 Å². The third-order valence-corrected chi connectivity index (χ3v) is 3.19. The summed E-state index contributed by atoms with van der Waals surface area (Å²) in [5.41, 5.74) is 2.59. The van der Waals surface area contributed by atoms with Crippen molar-refractivity contribution < 1.29 is 5.11 Å². The molecule has 3 aromatic heterocycles. The van der Waals surface area contributed by atoms with E-state index in [1.54, 1.807) is 12.5 Å². The van der Waals surface area contributed by atoms with Gasteiger partial charge in [0.15, 0.2) is 5.65 Å². The van der Waals surface area contributed by atoms with Gasteiger partial charge in [0.2, 0.25) is 5.82 Å². The molecule has 6 heteroatoms. The monoisotopic (exact) mass is 263 g/mol. The summed E-state index contributed by atoms with van der Waals surface area (Å²) in [6, 6.07) is 7.93. The molecule has 1 N–H and O–H groups in total. The molecule has 6 nitrogen and oxygen atoms in total. The Kier molecular flexibility index (Phi) is 2.22. The SMILES string of the molecule is OCC#Cc1nnc2c3ccccc3n3cncc3n12. The lowest BCUT2D eigenvalue weighted by Crippen LogP contribution is -1.98. The number of hydrogen-bond acceptors (Lipinski definition) is 4. The zero-order valence-corrected chi connectivity index (χ0v) is 10.4. The van der Waals surface area contributed by atoms with Gasteiger partial charge in [-0.15, -0.1) is 10.2 Å². The van der Waals surface area contributed by atoms with Crippen LogP contribution >= 0.6 is 0 Å². The molecule has 0 aliphatic carbocycles. The summed E-state index contributed by atoms with van der Waals surface area (Å²) in [4.78, 5) is 4.19. The van der Waals surface area contributed by atoms with Crippen molar-refractivity contribution in [2.24, 2.45) is 0 Å². The zero-order chi connectivity index (χ0) is 13.5. The molecule has 0 bridgehead atoms. The molecule has 0 saturated heterocycles. The summed E-state index contributed by atoms with van der Waals surface area (Å²) in [7, 11) is 0. The number of aliphatic hydroxyl groups is 1. The average Bonchev–Trinajstić information content (AvgIpc) is 3.12. The number of para-hydroxylation sites is 1. The predicted molar refractivity (Wildman–Crippen MR) is 73.2 cm³/mol. The number of hydrogen-bond donors (Lipinski definition) is 1. The summed E-state index contributed by atoms with van der Waals surface area (Å²) in [6.45, 7) is -0.210. The van der Waals surface area contributed by atoms with Gasteiger partial charge in [-0.3, -0.25) is 8.80 Å². The van der Waals surface area contributed by atoms with Crippen molar-refractivity contribution in [2.45, 2.75) is 0 Å². The van der Waals surface area contributed by atoms with E-state index < -0.39 is 0 Å². The van der Waals surface area contributed by atoms with Crippen LogP contribution in [0.25, 0.3) is 22.2 Å². The van der Waals surface area contributed by atoms with Gasteiger partial charge in [0.25, 0.3) is 0 Å². The molecule has 0 unspecified atom stereocenters. The fourth-order valence-electron chi connectivity index (χ4n) is 2.39. The Balaban J connectivity index is 2.28. The van der Waals surface area contributed by atoms with Crippen LogP contribution in [0.15, 0.2) is 36.8 Å². The molecule has 0 atom stereocenters. The van der Waals surface area contributed by atoms with E-state index >= 15 is 0 Å². The highest BCUT2D eigenvalue weighted by atomic mass is 16.2. The number of rotatable bonds is 0. The lowest BCUT2D eigenvalue weighted by Gasteiger charge is -2.05. The molecule has 20 heavy (non-hydrogen) atoms. The molecule has 1 aromatic carbocycles. The van der Waals surface area contributed by atoms with Crippen LogP contribution < -0.4 is 0 Å². The molecule has 0 aliphatic rings. The maximum atomic E-state index is 8.83. The summed E-state index contributed by atoms with van der Waals surface area (Å²) in [6.07, 6.45) is 3.49. The van der Waals surface area contributed by atoms with Crippen molar-refractivity contribution >= 4 is 22.2 Å². The largest absolute Gasteiger partial charge is 0.384 e. The van der Waals surface area contributed by atoms with Crippen LogP contribution in [0.2, 0.25) is 0 Å². The van der Waals surface area contributed by atoms with E-state index in [0.29, 0.717) is 5.82 Å². The molecule has 0 amide bonds.